The number of aliphatic hydroxyl groups is 1. The quantitative estimate of drug-likeness (QED) is 0.752. The molecule has 20 heavy (non-hydrogen) atoms. The van der Waals surface area contributed by atoms with Gasteiger partial charge in [0.25, 0.3) is 5.91 Å². The standard InChI is InChI=1S/C15H15BrN2O2/c16-12-8-11(6-7-13(12)17)15(20)18-14(9-19)10-4-2-1-3-5-10/h1-8,14,19H,9,17H2,(H,18,20). The number of benzene rings is 2. The van der Waals surface area contributed by atoms with Gasteiger partial charge in [0, 0.05) is 15.7 Å². The molecule has 0 saturated heterocycles. The van der Waals surface area contributed by atoms with E-state index in [1.54, 1.807) is 18.2 Å². The summed E-state index contributed by atoms with van der Waals surface area (Å²) in [6.45, 7) is -0.161. The summed E-state index contributed by atoms with van der Waals surface area (Å²) in [6.07, 6.45) is 0. The second-order valence-corrected chi connectivity index (χ2v) is 5.21. The molecule has 1 unspecified atom stereocenters. The number of nitrogens with two attached hydrogens (primary N) is 1. The molecule has 5 heteroatoms. The summed E-state index contributed by atoms with van der Waals surface area (Å²) >= 11 is 3.29. The van der Waals surface area contributed by atoms with Crippen LogP contribution in [0.25, 0.3) is 0 Å². The largest absolute Gasteiger partial charge is 0.398 e. The summed E-state index contributed by atoms with van der Waals surface area (Å²) in [7, 11) is 0. The van der Waals surface area contributed by atoms with E-state index in [1.165, 1.54) is 0 Å². The van der Waals surface area contributed by atoms with Crippen molar-refractivity contribution in [2.45, 2.75) is 6.04 Å². The van der Waals surface area contributed by atoms with E-state index in [4.69, 9.17) is 5.73 Å². The minimum absolute atomic E-state index is 0.161. The zero-order valence-electron chi connectivity index (χ0n) is 10.7. The predicted molar refractivity (Wildman–Crippen MR) is 82.3 cm³/mol. The van der Waals surface area contributed by atoms with Crippen LogP contribution in [-0.4, -0.2) is 17.6 Å². The Morgan fingerprint density at radius 1 is 1.25 bits per heavy atom. The molecule has 0 aliphatic heterocycles. The van der Waals surface area contributed by atoms with Gasteiger partial charge in [0.15, 0.2) is 0 Å². The molecule has 2 aromatic carbocycles. The van der Waals surface area contributed by atoms with Crippen LogP contribution in [0, 0.1) is 0 Å². The minimum Gasteiger partial charge on any atom is -0.398 e. The number of anilines is 1. The average Bonchev–Trinajstić information content (AvgIpc) is 2.48. The number of hydrogen-bond donors (Lipinski definition) is 3. The Morgan fingerprint density at radius 3 is 2.55 bits per heavy atom. The first kappa shape index (κ1) is 14.6. The first-order valence-electron chi connectivity index (χ1n) is 6.13. The van der Waals surface area contributed by atoms with Crippen molar-refractivity contribution in [2.75, 3.05) is 12.3 Å². The van der Waals surface area contributed by atoms with Crippen molar-refractivity contribution >= 4 is 27.5 Å². The van der Waals surface area contributed by atoms with Crippen molar-refractivity contribution in [1.82, 2.24) is 5.32 Å². The van der Waals surface area contributed by atoms with Crippen molar-refractivity contribution in [3.05, 3.63) is 64.1 Å². The third kappa shape index (κ3) is 3.37. The fourth-order valence-corrected chi connectivity index (χ4v) is 2.21. The number of aliphatic hydroxyl groups excluding tert-OH is 1. The lowest BCUT2D eigenvalue weighted by Crippen LogP contribution is -2.30. The van der Waals surface area contributed by atoms with E-state index in [0.29, 0.717) is 15.7 Å². The lowest BCUT2D eigenvalue weighted by atomic mass is 10.1. The van der Waals surface area contributed by atoms with Gasteiger partial charge in [-0.3, -0.25) is 4.79 Å². The van der Waals surface area contributed by atoms with Gasteiger partial charge in [-0.05, 0) is 39.7 Å². The van der Waals surface area contributed by atoms with Gasteiger partial charge in [-0.2, -0.15) is 0 Å². The molecular formula is C15H15BrN2O2. The van der Waals surface area contributed by atoms with Crippen molar-refractivity contribution in [2.24, 2.45) is 0 Å². The van der Waals surface area contributed by atoms with Crippen LogP contribution in [0.2, 0.25) is 0 Å². The highest BCUT2D eigenvalue weighted by Crippen LogP contribution is 2.21. The Balaban J connectivity index is 2.15. The number of amides is 1. The molecule has 0 spiro atoms. The lowest BCUT2D eigenvalue weighted by molar-refractivity contribution is 0.0916. The summed E-state index contributed by atoms with van der Waals surface area (Å²) in [6, 6.07) is 13.9. The van der Waals surface area contributed by atoms with Crippen LogP contribution < -0.4 is 11.1 Å². The van der Waals surface area contributed by atoms with E-state index in [1.807, 2.05) is 30.3 Å². The Bertz CT molecular complexity index is 602. The summed E-state index contributed by atoms with van der Waals surface area (Å²) in [5, 5.41) is 12.2. The van der Waals surface area contributed by atoms with Crippen LogP contribution >= 0.6 is 15.9 Å². The fraction of sp³-hybridized carbons (Fsp3) is 0.133. The highest BCUT2D eigenvalue weighted by Gasteiger charge is 2.15. The molecule has 0 aromatic heterocycles. The molecule has 0 aliphatic rings. The third-order valence-corrected chi connectivity index (χ3v) is 3.64. The Morgan fingerprint density at radius 2 is 1.95 bits per heavy atom. The molecule has 1 atom stereocenters. The van der Waals surface area contributed by atoms with Crippen LogP contribution in [0.15, 0.2) is 53.0 Å². The van der Waals surface area contributed by atoms with E-state index in [-0.39, 0.29) is 12.5 Å². The molecule has 4 nitrogen and oxygen atoms in total. The highest BCUT2D eigenvalue weighted by molar-refractivity contribution is 9.10. The number of nitrogens with one attached hydrogen (secondary N) is 1. The molecule has 0 aliphatic carbocycles. The lowest BCUT2D eigenvalue weighted by Gasteiger charge is -2.17. The predicted octanol–water partition coefficient (Wildman–Crippen LogP) is 2.49. The maximum absolute atomic E-state index is 12.2. The van der Waals surface area contributed by atoms with Crippen molar-refractivity contribution in [3.63, 3.8) is 0 Å². The topological polar surface area (TPSA) is 75.4 Å². The van der Waals surface area contributed by atoms with Gasteiger partial charge in [0.1, 0.15) is 0 Å². The first-order valence-corrected chi connectivity index (χ1v) is 6.93. The van der Waals surface area contributed by atoms with Gasteiger partial charge < -0.3 is 16.2 Å². The van der Waals surface area contributed by atoms with Crippen LogP contribution in [0.5, 0.6) is 0 Å². The Hall–Kier alpha value is -1.85. The highest BCUT2D eigenvalue weighted by atomic mass is 79.9. The number of carbonyl (C=O) groups is 1. The molecule has 0 saturated carbocycles. The molecular weight excluding hydrogens is 320 g/mol. The zero-order valence-corrected chi connectivity index (χ0v) is 12.3. The molecule has 2 aromatic rings. The smallest absolute Gasteiger partial charge is 0.251 e. The summed E-state index contributed by atoms with van der Waals surface area (Å²) in [5.41, 5.74) is 7.61. The second-order valence-electron chi connectivity index (χ2n) is 4.36. The molecule has 104 valence electrons. The maximum atomic E-state index is 12.2. The number of halogens is 1. The number of hydrogen-bond acceptors (Lipinski definition) is 3. The fourth-order valence-electron chi connectivity index (χ4n) is 1.83. The maximum Gasteiger partial charge on any atom is 0.251 e. The van der Waals surface area contributed by atoms with E-state index in [0.717, 1.165) is 5.56 Å². The van der Waals surface area contributed by atoms with Crippen molar-refractivity contribution < 1.29 is 9.90 Å². The number of rotatable bonds is 4. The second kappa shape index (κ2) is 6.54. The van der Waals surface area contributed by atoms with E-state index < -0.39 is 6.04 Å². The van der Waals surface area contributed by atoms with Crippen molar-refractivity contribution in [1.29, 1.82) is 0 Å². The van der Waals surface area contributed by atoms with Gasteiger partial charge in [-0.15, -0.1) is 0 Å². The average molecular weight is 335 g/mol. The van der Waals surface area contributed by atoms with Crippen LogP contribution in [0.4, 0.5) is 5.69 Å². The molecule has 0 bridgehead atoms. The minimum atomic E-state index is -0.431. The Kier molecular flexibility index (Phi) is 4.76. The number of nitrogen functional groups attached to an aromatic ring is 1. The van der Waals surface area contributed by atoms with Crippen molar-refractivity contribution in [3.8, 4) is 0 Å². The van der Waals surface area contributed by atoms with Gasteiger partial charge >= 0.3 is 0 Å². The van der Waals surface area contributed by atoms with E-state index in [9.17, 15) is 9.90 Å². The molecule has 0 radical (unpaired) electrons. The summed E-state index contributed by atoms with van der Waals surface area (Å²) < 4.78 is 0.672. The van der Waals surface area contributed by atoms with E-state index >= 15 is 0 Å². The molecule has 1 amide bonds. The van der Waals surface area contributed by atoms with Gasteiger partial charge in [-0.1, -0.05) is 30.3 Å². The molecule has 0 fully saturated rings. The molecule has 4 N–H and O–H groups in total. The summed E-state index contributed by atoms with van der Waals surface area (Å²) in [5.74, 6) is -0.256. The van der Waals surface area contributed by atoms with Gasteiger partial charge in [0.05, 0.1) is 12.6 Å². The Labute approximate surface area is 125 Å². The monoisotopic (exact) mass is 334 g/mol. The normalized spacial score (nSPS) is 11.9. The molecule has 0 heterocycles. The third-order valence-electron chi connectivity index (χ3n) is 2.95. The SMILES string of the molecule is Nc1ccc(C(=O)NC(CO)c2ccccc2)cc1Br. The zero-order chi connectivity index (χ0) is 14.5. The van der Waals surface area contributed by atoms with E-state index in [2.05, 4.69) is 21.2 Å². The van der Waals surface area contributed by atoms with Gasteiger partial charge in [0.2, 0.25) is 0 Å². The first-order chi connectivity index (χ1) is 9.61. The summed E-state index contributed by atoms with van der Waals surface area (Å²) in [4.78, 5) is 12.2. The molecule has 2 rings (SSSR count). The van der Waals surface area contributed by atoms with Crippen LogP contribution in [-0.2, 0) is 0 Å². The van der Waals surface area contributed by atoms with Crippen LogP contribution in [0.3, 0.4) is 0 Å². The van der Waals surface area contributed by atoms with Crippen LogP contribution in [0.1, 0.15) is 22.0 Å². The van der Waals surface area contributed by atoms with Gasteiger partial charge in [-0.25, -0.2) is 0 Å². The number of carbonyl (C=O) groups excluding carboxylic acids is 1.